The Morgan fingerprint density at radius 1 is 0.470 bits per heavy atom. The zero-order valence-corrected chi connectivity index (χ0v) is 77.6. The number of aromatic nitrogens is 1. The Kier molecular flexibility index (Phi) is 39.5. The summed E-state index contributed by atoms with van der Waals surface area (Å²) in [5, 5.41) is 65.7. The quantitative estimate of drug-likeness (QED) is 0.0400. The number of benzene rings is 5. The maximum absolute atomic E-state index is 15.5. The third-order valence-corrected chi connectivity index (χ3v) is 23.9. The Labute approximate surface area is 780 Å². The number of aromatic hydroxyl groups is 1. The first-order chi connectivity index (χ1) is 63.5. The van der Waals surface area contributed by atoms with E-state index in [1.54, 1.807) is 114 Å². The zero-order chi connectivity index (χ0) is 98.5. The number of amides is 17. The van der Waals surface area contributed by atoms with Gasteiger partial charge in [-0.15, -0.1) is 11.8 Å². The third kappa shape index (κ3) is 31.2. The number of aliphatic carboxylic acids is 1. The predicted octanol–water partition coefficient (Wildman–Crippen LogP) is -0.0500. The van der Waals surface area contributed by atoms with Gasteiger partial charge in [0, 0.05) is 62.1 Å². The molecule has 134 heavy (non-hydrogen) atoms. The smallest absolute Gasteiger partial charge is 0.305 e. The van der Waals surface area contributed by atoms with Crippen molar-refractivity contribution in [3.8, 4) is 16.9 Å². The number of nitrogens with one attached hydrogen (secondary N) is 14. The maximum Gasteiger partial charge on any atom is 0.305 e. The van der Waals surface area contributed by atoms with Crippen molar-refractivity contribution < 1.29 is 102 Å². The SMILES string of the molecule is CC(C)C[C@@H]1NC(=O)[C@H](Cc2c[nH]c3ccccc23)NC(=O)[C@H](CC(=O)O)NC(=O)[C@H](Cc2ccc(O)cc2)NC(=O)[C@H](Cc2ccccc2)NC(=O)CSC[C@@H](C(=O)N[C@@H](C)C(N)=O)NC(=O)[C@H](CO)NC(=O)[C@H](C(C)C)NC(=O)[C@H](CC(C)C)NC(=O)[C@H](CC(N)=O)NC(=O)[C@H]2CCCN2C(=O)[C@H](C)N(C)C(=O)[C@H](C(C)C)NC(=O)[C@H](Cc2ccc(-c3ccccc3)cc2)NC1=O. The number of aromatic amines is 1. The lowest BCUT2D eigenvalue weighted by Gasteiger charge is -2.34. The Balaban J connectivity index is 1.19. The predicted molar refractivity (Wildman–Crippen MR) is 496 cm³/mol. The molecule has 0 aliphatic carbocycles. The molecule has 1 aromatic heterocycles. The highest BCUT2D eigenvalue weighted by atomic mass is 32.2. The summed E-state index contributed by atoms with van der Waals surface area (Å²) in [7, 11) is 1.31. The first kappa shape index (κ1) is 106. The van der Waals surface area contributed by atoms with Crippen LogP contribution in [0.1, 0.15) is 130 Å². The molecule has 0 unspecified atom stereocenters. The fraction of sp³-hybridized carbons (Fsp3) is 0.468. The molecule has 722 valence electrons. The van der Waals surface area contributed by atoms with Crippen LogP contribution < -0.4 is 80.6 Å². The number of phenols is 1. The summed E-state index contributed by atoms with van der Waals surface area (Å²) < 4.78 is 0. The van der Waals surface area contributed by atoms with Gasteiger partial charge < -0.3 is 111 Å². The van der Waals surface area contributed by atoms with Crippen molar-refractivity contribution in [2.24, 2.45) is 35.1 Å². The van der Waals surface area contributed by atoms with Crippen LogP contribution in [0.25, 0.3) is 22.0 Å². The number of aliphatic hydroxyl groups is 1. The number of nitrogens with two attached hydrogens (primary N) is 2. The zero-order valence-electron chi connectivity index (χ0n) is 76.8. The summed E-state index contributed by atoms with van der Waals surface area (Å²) in [5.74, 6) is -22.4. The van der Waals surface area contributed by atoms with Crippen LogP contribution in [0.3, 0.4) is 0 Å². The number of carbonyl (C=O) groups is 18. The van der Waals surface area contributed by atoms with E-state index in [0.717, 1.165) is 16.0 Å². The largest absolute Gasteiger partial charge is 0.508 e. The topological polar surface area (TPSA) is 599 Å². The van der Waals surface area contributed by atoms with Gasteiger partial charge in [0.05, 0.1) is 25.2 Å². The Hall–Kier alpha value is -13.8. The minimum Gasteiger partial charge on any atom is -0.508 e. The fourth-order valence-electron chi connectivity index (χ4n) is 15.4. The number of phenolic OH excluding ortho intramolecular Hbond substituents is 1. The molecule has 21 N–H and O–H groups in total. The van der Waals surface area contributed by atoms with Crippen LogP contribution >= 0.6 is 11.8 Å². The molecule has 0 spiro atoms. The van der Waals surface area contributed by atoms with Crippen LogP contribution in [0.2, 0.25) is 0 Å². The molecule has 17 amide bonds. The number of nitrogens with zero attached hydrogens (tertiary/aromatic N) is 2. The lowest BCUT2D eigenvalue weighted by Crippen LogP contribution is -2.62. The Bertz CT molecular complexity index is 5180. The number of hydrogen-bond donors (Lipinski definition) is 19. The fourth-order valence-corrected chi connectivity index (χ4v) is 16.2. The van der Waals surface area contributed by atoms with Gasteiger partial charge in [0.1, 0.15) is 96.4 Å². The number of primary amides is 2. The van der Waals surface area contributed by atoms with E-state index in [0.29, 0.717) is 44.9 Å². The van der Waals surface area contributed by atoms with Crippen LogP contribution in [0.4, 0.5) is 0 Å². The summed E-state index contributed by atoms with van der Waals surface area (Å²) >= 11 is 0.706. The van der Waals surface area contributed by atoms with Gasteiger partial charge >= 0.3 is 5.97 Å². The number of likely N-dealkylation sites (N-methyl/N-ethyl adjacent to an activating group) is 1. The van der Waals surface area contributed by atoms with E-state index in [4.69, 9.17) is 11.5 Å². The van der Waals surface area contributed by atoms with Gasteiger partial charge in [-0.2, -0.15) is 0 Å². The highest BCUT2D eigenvalue weighted by Crippen LogP contribution is 2.26. The van der Waals surface area contributed by atoms with Gasteiger partial charge in [0.25, 0.3) is 0 Å². The number of carboxylic acids is 1. The van der Waals surface area contributed by atoms with Gasteiger partial charge in [-0.25, -0.2) is 0 Å². The molecule has 0 saturated carbocycles. The second-order valence-corrected chi connectivity index (χ2v) is 36.2. The van der Waals surface area contributed by atoms with E-state index >= 15 is 33.6 Å². The molecule has 2 aliphatic rings. The summed E-state index contributed by atoms with van der Waals surface area (Å²) in [6, 6.07) is 12.9. The number of thioether (sulfide) groups is 1. The highest BCUT2D eigenvalue weighted by Gasteiger charge is 2.44. The van der Waals surface area contributed by atoms with Crippen molar-refractivity contribution >= 4 is 129 Å². The Morgan fingerprint density at radius 2 is 0.903 bits per heavy atom. The van der Waals surface area contributed by atoms with Crippen molar-refractivity contribution in [2.45, 2.75) is 224 Å². The maximum atomic E-state index is 15.5. The normalized spacial score (nSPS) is 23.9. The van der Waals surface area contributed by atoms with Gasteiger partial charge in [0.15, 0.2) is 0 Å². The van der Waals surface area contributed by atoms with Gasteiger partial charge in [-0.3, -0.25) is 86.3 Å². The number of aliphatic hydroxyl groups excluding tert-OH is 1. The van der Waals surface area contributed by atoms with Crippen LogP contribution in [-0.2, 0) is 112 Å². The summed E-state index contributed by atoms with van der Waals surface area (Å²) in [6.45, 7) is 14.6. The summed E-state index contributed by atoms with van der Waals surface area (Å²) in [4.78, 5) is 266. The van der Waals surface area contributed by atoms with E-state index in [-0.39, 0.29) is 63.2 Å². The Morgan fingerprint density at radius 3 is 1.43 bits per heavy atom. The molecule has 15 atom stereocenters. The first-order valence-corrected chi connectivity index (χ1v) is 45.6. The minimum absolute atomic E-state index is 0.0196. The lowest BCUT2D eigenvalue weighted by molar-refractivity contribution is -0.148. The first-order valence-electron chi connectivity index (χ1n) is 44.5. The molecule has 5 aromatic carbocycles. The van der Waals surface area contributed by atoms with Crippen molar-refractivity contribution in [1.29, 1.82) is 0 Å². The lowest BCUT2D eigenvalue weighted by atomic mass is 9.97. The number of rotatable bonds is 23. The molecule has 0 bridgehead atoms. The number of carbonyl (C=O) groups excluding carboxylic acids is 17. The number of carboxylic acid groups (broad SMARTS) is 1. The summed E-state index contributed by atoms with van der Waals surface area (Å²) in [6.07, 6.45) is -1.65. The molecule has 40 heteroatoms. The average Bonchev–Trinajstić information content (AvgIpc) is 1.63. The van der Waals surface area contributed by atoms with Crippen molar-refractivity contribution in [2.75, 3.05) is 31.7 Å². The van der Waals surface area contributed by atoms with Gasteiger partial charge in [-0.1, -0.05) is 171 Å². The third-order valence-electron chi connectivity index (χ3n) is 22.9. The molecule has 39 nitrogen and oxygen atoms in total. The van der Waals surface area contributed by atoms with E-state index in [9.17, 15) is 68.1 Å². The molecule has 2 aliphatic heterocycles. The summed E-state index contributed by atoms with van der Waals surface area (Å²) in [5.41, 5.74) is 15.2. The second-order valence-electron chi connectivity index (χ2n) is 35.2. The van der Waals surface area contributed by atoms with Gasteiger partial charge in [0.2, 0.25) is 100 Å². The van der Waals surface area contributed by atoms with Crippen molar-refractivity contribution in [3.05, 3.63) is 162 Å². The molecule has 8 rings (SSSR count). The van der Waals surface area contributed by atoms with E-state index in [1.165, 1.54) is 63.9 Å². The van der Waals surface area contributed by atoms with Crippen LogP contribution in [-0.4, -0.2) is 259 Å². The van der Waals surface area contributed by atoms with E-state index in [2.05, 4.69) is 74.1 Å². The highest BCUT2D eigenvalue weighted by molar-refractivity contribution is 8.00. The van der Waals surface area contributed by atoms with E-state index in [1.807, 2.05) is 42.5 Å². The number of para-hydroxylation sites is 1. The van der Waals surface area contributed by atoms with Crippen LogP contribution in [0, 0.1) is 23.7 Å². The van der Waals surface area contributed by atoms with Crippen LogP contribution in [0.15, 0.2) is 140 Å². The number of H-pyrrole nitrogens is 1. The molecule has 2 saturated heterocycles. The minimum atomic E-state index is -2.06. The molecule has 3 heterocycles. The second kappa shape index (κ2) is 50.2. The molecule has 2 fully saturated rings. The molecular weight excluding hydrogens is 1750 g/mol. The number of fused-ring (bicyclic) bond motifs is 2. The van der Waals surface area contributed by atoms with Crippen molar-refractivity contribution in [1.82, 2.24) is 83.9 Å². The standard InChI is InChI=1S/C94H124N18O21S/c1-49(2)37-64-81(120)103-68(40-56-28-32-59(33-29-56)58-23-16-13-17-24-58)88(127)110-79(52(7)8)94(133)111(11)54(10)93(132)112-36-20-27-74(112)91(130)106-70(43-75(95)115)85(124)101-65(38-50(3)4)87(126)109-78(51(5)6)92(131)107-72(46-113)89(128)108-73(90(129)98-53(9)80(96)119)47-134-48-76(116)99-66(39-55-21-14-12-15-22-55)82(121)102-67(41-57-30-34-61(114)35-31-57)83(122)105-71(44-77(117)118)86(125)104-69(84(123)100-64)42-60-45-97-63-26-19-18-25-62(60)63/h12-19,21-26,28-35,45,49-54,64-74,78-79,97,113-114H,20,27,36-44,46-48H2,1-11H3,(H2,95,115)(H2,96,119)(H,98,129)(H,99,116)(H,100,123)(H,101,124)(H,102,121)(H,103,120)(H,104,125)(H,105,122)(H,106,130)(H,107,131)(H,108,128)(H,109,126)(H,110,127)(H,117,118)/t53-,54-,64-,65-,66-,67-,68-,69-,70-,71-,72-,73-,74+,78-,79-/m0/s1. The van der Waals surface area contributed by atoms with Crippen LogP contribution in [0.5, 0.6) is 5.75 Å². The molecular formula is C94H124N18O21S. The monoisotopic (exact) mass is 1870 g/mol. The van der Waals surface area contributed by atoms with Gasteiger partial charge in [-0.05, 0) is 115 Å². The van der Waals surface area contributed by atoms with Crippen molar-refractivity contribution in [3.63, 3.8) is 0 Å². The van der Waals surface area contributed by atoms with E-state index < -0.39 is 252 Å². The average molecular weight is 1870 g/mol. The molecule has 6 aromatic rings. The number of hydrogen-bond acceptors (Lipinski definition) is 21. The molecule has 0 radical (unpaired) electrons.